The topological polar surface area (TPSA) is 21.3 Å². The summed E-state index contributed by atoms with van der Waals surface area (Å²) in [6, 6.07) is 18.4. The number of hydrogen-bond acceptors (Lipinski definition) is 2. The van der Waals surface area contributed by atoms with E-state index < -0.39 is 0 Å². The molecule has 0 spiro atoms. The van der Waals surface area contributed by atoms with Crippen LogP contribution >= 0.6 is 0 Å². The van der Waals surface area contributed by atoms with Gasteiger partial charge < -0.3 is 10.1 Å². The van der Waals surface area contributed by atoms with Crippen molar-refractivity contribution < 1.29 is 4.74 Å². The maximum atomic E-state index is 5.18. The molecule has 104 valence electrons. The van der Waals surface area contributed by atoms with Gasteiger partial charge in [0.15, 0.2) is 0 Å². The van der Waals surface area contributed by atoms with Gasteiger partial charge in [-0.05, 0) is 42.3 Å². The maximum absolute atomic E-state index is 5.18. The van der Waals surface area contributed by atoms with Crippen LogP contribution in [0.15, 0.2) is 60.3 Å². The van der Waals surface area contributed by atoms with Crippen LogP contribution < -0.4 is 10.1 Å². The van der Waals surface area contributed by atoms with Gasteiger partial charge >= 0.3 is 0 Å². The van der Waals surface area contributed by atoms with E-state index >= 15 is 0 Å². The SMILES string of the molecule is CCCC(=Cc1ccc(OC)cc1)Nc1ccccc1. The van der Waals surface area contributed by atoms with Crippen molar-refractivity contribution >= 4 is 11.8 Å². The Hall–Kier alpha value is -2.22. The molecule has 2 nitrogen and oxygen atoms in total. The fourth-order valence-electron chi connectivity index (χ4n) is 2.05. The molecule has 0 unspecified atom stereocenters. The lowest BCUT2D eigenvalue weighted by atomic mass is 10.1. The first-order valence-corrected chi connectivity index (χ1v) is 6.98. The summed E-state index contributed by atoms with van der Waals surface area (Å²) in [6.07, 6.45) is 4.33. The minimum Gasteiger partial charge on any atom is -0.497 e. The van der Waals surface area contributed by atoms with E-state index in [0.29, 0.717) is 0 Å². The summed E-state index contributed by atoms with van der Waals surface area (Å²) < 4.78 is 5.18. The highest BCUT2D eigenvalue weighted by Gasteiger charge is 1.99. The summed E-state index contributed by atoms with van der Waals surface area (Å²) in [7, 11) is 1.68. The molecule has 0 bridgehead atoms. The lowest BCUT2D eigenvalue weighted by Gasteiger charge is -2.10. The zero-order chi connectivity index (χ0) is 14.2. The predicted molar refractivity (Wildman–Crippen MR) is 85.9 cm³/mol. The minimum atomic E-state index is 0.884. The van der Waals surface area contributed by atoms with Crippen LogP contribution in [0.1, 0.15) is 25.3 Å². The molecule has 2 rings (SSSR count). The van der Waals surface area contributed by atoms with Crippen molar-refractivity contribution in [3.63, 3.8) is 0 Å². The average molecular weight is 267 g/mol. The monoisotopic (exact) mass is 267 g/mol. The molecule has 0 aromatic heterocycles. The summed E-state index contributed by atoms with van der Waals surface area (Å²) in [6.45, 7) is 2.19. The van der Waals surface area contributed by atoms with Crippen LogP contribution in [0.25, 0.3) is 6.08 Å². The van der Waals surface area contributed by atoms with Crippen molar-refractivity contribution in [1.82, 2.24) is 0 Å². The standard InChI is InChI=1S/C18H21NO/c1-3-7-17(19-16-8-5-4-6-9-16)14-15-10-12-18(20-2)13-11-15/h4-6,8-14,19H,3,7H2,1-2H3. The van der Waals surface area contributed by atoms with Gasteiger partial charge in [-0.1, -0.05) is 43.7 Å². The molecule has 0 aliphatic carbocycles. The fraction of sp³-hybridized carbons (Fsp3) is 0.222. The summed E-state index contributed by atoms with van der Waals surface area (Å²) in [5.41, 5.74) is 3.53. The number of anilines is 1. The second-order valence-electron chi connectivity index (χ2n) is 4.68. The van der Waals surface area contributed by atoms with E-state index in [9.17, 15) is 0 Å². The molecular formula is C18H21NO. The molecule has 2 heteroatoms. The van der Waals surface area contributed by atoms with Gasteiger partial charge in [0.1, 0.15) is 5.75 Å². The molecule has 0 amide bonds. The van der Waals surface area contributed by atoms with Gasteiger partial charge in [-0.15, -0.1) is 0 Å². The lowest BCUT2D eigenvalue weighted by molar-refractivity contribution is 0.415. The van der Waals surface area contributed by atoms with Crippen molar-refractivity contribution in [3.8, 4) is 5.75 Å². The number of para-hydroxylation sites is 1. The van der Waals surface area contributed by atoms with Crippen LogP contribution in [-0.4, -0.2) is 7.11 Å². The number of rotatable bonds is 6. The first-order valence-electron chi connectivity index (χ1n) is 6.98. The summed E-state index contributed by atoms with van der Waals surface area (Å²) in [5, 5.41) is 3.49. The normalized spacial score (nSPS) is 11.2. The third-order valence-electron chi connectivity index (χ3n) is 3.05. The highest BCUT2D eigenvalue weighted by atomic mass is 16.5. The minimum absolute atomic E-state index is 0.884. The average Bonchev–Trinajstić information content (AvgIpc) is 2.49. The van der Waals surface area contributed by atoms with Crippen LogP contribution in [0.4, 0.5) is 5.69 Å². The summed E-state index contributed by atoms with van der Waals surface area (Å²) in [5.74, 6) is 0.884. The highest BCUT2D eigenvalue weighted by Crippen LogP contribution is 2.18. The molecule has 0 saturated carbocycles. The molecular weight excluding hydrogens is 246 g/mol. The second kappa shape index (κ2) is 7.39. The predicted octanol–water partition coefficient (Wildman–Crippen LogP) is 4.95. The Morgan fingerprint density at radius 3 is 2.35 bits per heavy atom. The second-order valence-corrected chi connectivity index (χ2v) is 4.68. The fourth-order valence-corrected chi connectivity index (χ4v) is 2.05. The molecule has 2 aromatic carbocycles. The zero-order valence-corrected chi connectivity index (χ0v) is 12.1. The lowest BCUT2D eigenvalue weighted by Crippen LogP contribution is -1.99. The summed E-state index contributed by atoms with van der Waals surface area (Å²) >= 11 is 0. The smallest absolute Gasteiger partial charge is 0.118 e. The van der Waals surface area contributed by atoms with E-state index in [-0.39, 0.29) is 0 Å². The molecule has 2 aromatic rings. The van der Waals surface area contributed by atoms with Gasteiger partial charge in [-0.2, -0.15) is 0 Å². The summed E-state index contributed by atoms with van der Waals surface area (Å²) in [4.78, 5) is 0. The zero-order valence-electron chi connectivity index (χ0n) is 12.1. The third kappa shape index (κ3) is 4.16. The maximum Gasteiger partial charge on any atom is 0.118 e. The number of allylic oxidation sites excluding steroid dienone is 1. The van der Waals surface area contributed by atoms with E-state index in [2.05, 4.69) is 42.6 Å². The quantitative estimate of drug-likeness (QED) is 0.799. The van der Waals surface area contributed by atoms with Gasteiger partial charge in [0.2, 0.25) is 0 Å². The molecule has 0 saturated heterocycles. The molecule has 0 atom stereocenters. The molecule has 0 aliphatic rings. The van der Waals surface area contributed by atoms with E-state index in [4.69, 9.17) is 4.74 Å². The molecule has 0 heterocycles. The van der Waals surface area contributed by atoms with Crippen LogP contribution in [0.5, 0.6) is 5.75 Å². The third-order valence-corrected chi connectivity index (χ3v) is 3.05. The van der Waals surface area contributed by atoms with Crippen molar-refractivity contribution in [2.24, 2.45) is 0 Å². The molecule has 0 aliphatic heterocycles. The van der Waals surface area contributed by atoms with Crippen LogP contribution in [0, 0.1) is 0 Å². The number of nitrogens with one attached hydrogen (secondary N) is 1. The van der Waals surface area contributed by atoms with Crippen molar-refractivity contribution in [3.05, 3.63) is 65.9 Å². The number of methoxy groups -OCH3 is 1. The van der Waals surface area contributed by atoms with E-state index in [1.54, 1.807) is 7.11 Å². The number of benzene rings is 2. The Labute approximate surface area is 121 Å². The van der Waals surface area contributed by atoms with Gasteiger partial charge in [0, 0.05) is 11.4 Å². The number of ether oxygens (including phenoxy) is 1. The molecule has 0 radical (unpaired) electrons. The van der Waals surface area contributed by atoms with Crippen molar-refractivity contribution in [1.29, 1.82) is 0 Å². The molecule has 20 heavy (non-hydrogen) atoms. The van der Waals surface area contributed by atoms with Gasteiger partial charge in [0.25, 0.3) is 0 Å². The van der Waals surface area contributed by atoms with Gasteiger partial charge in [-0.25, -0.2) is 0 Å². The van der Waals surface area contributed by atoms with Gasteiger partial charge in [0.05, 0.1) is 7.11 Å². The highest BCUT2D eigenvalue weighted by molar-refractivity contribution is 5.60. The van der Waals surface area contributed by atoms with Crippen molar-refractivity contribution in [2.45, 2.75) is 19.8 Å². The Balaban J connectivity index is 2.16. The molecule has 0 fully saturated rings. The van der Waals surface area contributed by atoms with Crippen LogP contribution in [0.2, 0.25) is 0 Å². The van der Waals surface area contributed by atoms with Crippen LogP contribution in [0.3, 0.4) is 0 Å². The van der Waals surface area contributed by atoms with E-state index in [1.807, 2.05) is 30.3 Å². The number of hydrogen-bond donors (Lipinski definition) is 1. The first kappa shape index (κ1) is 14.2. The van der Waals surface area contributed by atoms with E-state index in [0.717, 1.165) is 24.3 Å². The Morgan fingerprint density at radius 1 is 1.05 bits per heavy atom. The van der Waals surface area contributed by atoms with Crippen LogP contribution in [-0.2, 0) is 0 Å². The molecule has 1 N–H and O–H groups in total. The van der Waals surface area contributed by atoms with E-state index in [1.165, 1.54) is 11.3 Å². The first-order chi connectivity index (χ1) is 9.81. The Bertz CT molecular complexity index is 543. The van der Waals surface area contributed by atoms with Gasteiger partial charge in [-0.3, -0.25) is 0 Å². The van der Waals surface area contributed by atoms with Crippen molar-refractivity contribution in [2.75, 3.05) is 12.4 Å². The largest absolute Gasteiger partial charge is 0.497 e. The Kier molecular flexibility index (Phi) is 5.24. The Morgan fingerprint density at radius 2 is 1.75 bits per heavy atom.